The molecule has 3 rings (SSSR count). The lowest BCUT2D eigenvalue weighted by Gasteiger charge is -2.21. The van der Waals surface area contributed by atoms with Gasteiger partial charge in [0.25, 0.3) is 0 Å². The van der Waals surface area contributed by atoms with Crippen molar-refractivity contribution in [2.75, 3.05) is 25.0 Å². The number of anilines is 1. The van der Waals surface area contributed by atoms with Crippen molar-refractivity contribution in [3.05, 3.63) is 30.6 Å². The van der Waals surface area contributed by atoms with Gasteiger partial charge in [0, 0.05) is 37.6 Å². The van der Waals surface area contributed by atoms with Gasteiger partial charge >= 0.3 is 0 Å². The minimum Gasteiger partial charge on any atom is -0.367 e. The molecule has 0 amide bonds. The van der Waals surface area contributed by atoms with Crippen LogP contribution in [0.5, 0.6) is 0 Å². The minimum absolute atomic E-state index is 0.580. The van der Waals surface area contributed by atoms with E-state index in [0.29, 0.717) is 6.04 Å². The zero-order valence-corrected chi connectivity index (χ0v) is 11.1. The molecular weight excluding hydrogens is 238 g/mol. The predicted molar refractivity (Wildman–Crippen MR) is 76.1 cm³/mol. The van der Waals surface area contributed by atoms with Crippen LogP contribution in [0.3, 0.4) is 0 Å². The van der Waals surface area contributed by atoms with Crippen molar-refractivity contribution in [1.29, 1.82) is 0 Å². The Morgan fingerprint density at radius 2 is 2.26 bits per heavy atom. The highest BCUT2D eigenvalue weighted by Crippen LogP contribution is 2.17. The predicted octanol–water partition coefficient (Wildman–Crippen LogP) is 1.66. The number of hydrogen-bond acceptors (Lipinski definition) is 4. The number of nitrogens with zero attached hydrogens (tertiary/aromatic N) is 3. The zero-order chi connectivity index (χ0) is 13.1. The zero-order valence-electron chi connectivity index (χ0n) is 11.1. The molecule has 2 aromatic rings. The molecule has 1 atom stereocenters. The number of hydrogen-bond donors (Lipinski definition) is 2. The first-order valence-corrected chi connectivity index (χ1v) is 6.74. The monoisotopic (exact) mass is 257 g/mol. The average Bonchev–Trinajstić information content (AvgIpc) is 3.12. The molecule has 100 valence electrons. The van der Waals surface area contributed by atoms with E-state index in [2.05, 4.69) is 32.4 Å². The summed E-state index contributed by atoms with van der Waals surface area (Å²) >= 11 is 0. The second-order valence-electron chi connectivity index (χ2n) is 5.05. The van der Waals surface area contributed by atoms with E-state index in [9.17, 15) is 0 Å². The molecule has 0 spiro atoms. The molecule has 0 aromatic carbocycles. The Bertz CT molecular complexity index is 499. The number of rotatable bonds is 4. The van der Waals surface area contributed by atoms with E-state index in [1.807, 2.05) is 30.6 Å². The number of likely N-dealkylation sites (N-methyl/N-ethyl adjacent to an activating group) is 1. The second kappa shape index (κ2) is 5.40. The third-order valence-corrected chi connectivity index (χ3v) is 3.59. The van der Waals surface area contributed by atoms with Crippen LogP contribution in [-0.2, 0) is 0 Å². The lowest BCUT2D eigenvalue weighted by atomic mass is 10.2. The van der Waals surface area contributed by atoms with Crippen LogP contribution < -0.4 is 10.2 Å². The second-order valence-corrected chi connectivity index (χ2v) is 5.05. The molecule has 1 unspecified atom stereocenters. The van der Waals surface area contributed by atoms with E-state index in [1.54, 1.807) is 0 Å². The van der Waals surface area contributed by atoms with Crippen LogP contribution in [0.15, 0.2) is 30.6 Å². The molecule has 0 radical (unpaired) electrons. The van der Waals surface area contributed by atoms with Gasteiger partial charge < -0.3 is 15.2 Å². The van der Waals surface area contributed by atoms with Crippen molar-refractivity contribution in [2.45, 2.75) is 18.9 Å². The van der Waals surface area contributed by atoms with Gasteiger partial charge in [-0.3, -0.25) is 0 Å². The third-order valence-electron chi connectivity index (χ3n) is 3.59. The maximum Gasteiger partial charge on any atom is 0.151 e. The summed E-state index contributed by atoms with van der Waals surface area (Å²) in [6.07, 6.45) is 6.34. The summed E-state index contributed by atoms with van der Waals surface area (Å²) in [5.74, 6) is 0.924. The molecule has 19 heavy (non-hydrogen) atoms. The van der Waals surface area contributed by atoms with Gasteiger partial charge in [-0.1, -0.05) is 0 Å². The van der Waals surface area contributed by atoms with E-state index in [4.69, 9.17) is 0 Å². The number of H-pyrrole nitrogens is 1. The van der Waals surface area contributed by atoms with Gasteiger partial charge in [0.05, 0.1) is 5.69 Å². The van der Waals surface area contributed by atoms with Crippen molar-refractivity contribution in [1.82, 2.24) is 20.5 Å². The Balaban J connectivity index is 1.67. The lowest BCUT2D eigenvalue weighted by molar-refractivity contribution is 0.596. The van der Waals surface area contributed by atoms with Gasteiger partial charge in [-0.05, 0) is 37.6 Å². The molecule has 3 heterocycles. The Morgan fingerprint density at radius 3 is 2.89 bits per heavy atom. The fourth-order valence-electron chi connectivity index (χ4n) is 2.50. The number of aromatic nitrogens is 3. The molecule has 0 bridgehead atoms. The highest BCUT2D eigenvalue weighted by atomic mass is 15.3. The first kappa shape index (κ1) is 12.2. The summed E-state index contributed by atoms with van der Waals surface area (Å²) in [6.45, 7) is 2.12. The summed E-state index contributed by atoms with van der Waals surface area (Å²) in [5, 5.41) is 12.1. The van der Waals surface area contributed by atoms with E-state index >= 15 is 0 Å². The average molecular weight is 257 g/mol. The fourth-order valence-corrected chi connectivity index (χ4v) is 2.50. The SMILES string of the molecule is CN(CC1CCCN1)c1ccc(-c2cc[nH]c2)nn1. The van der Waals surface area contributed by atoms with E-state index in [-0.39, 0.29) is 0 Å². The van der Waals surface area contributed by atoms with Crippen LogP contribution in [0, 0.1) is 0 Å². The Morgan fingerprint density at radius 1 is 1.32 bits per heavy atom. The van der Waals surface area contributed by atoms with Crippen LogP contribution in [0.25, 0.3) is 11.3 Å². The lowest BCUT2D eigenvalue weighted by Crippen LogP contribution is -2.35. The van der Waals surface area contributed by atoms with Gasteiger partial charge in [0.1, 0.15) is 0 Å². The maximum absolute atomic E-state index is 4.31. The van der Waals surface area contributed by atoms with E-state index < -0.39 is 0 Å². The molecule has 2 aromatic heterocycles. The molecule has 1 fully saturated rings. The summed E-state index contributed by atoms with van der Waals surface area (Å²) in [7, 11) is 2.07. The van der Waals surface area contributed by atoms with Gasteiger partial charge in [0.15, 0.2) is 5.82 Å². The minimum atomic E-state index is 0.580. The molecule has 5 heteroatoms. The van der Waals surface area contributed by atoms with Gasteiger partial charge in [-0.15, -0.1) is 10.2 Å². The molecule has 1 saturated heterocycles. The molecule has 2 N–H and O–H groups in total. The van der Waals surface area contributed by atoms with Gasteiger partial charge in [0.2, 0.25) is 0 Å². The maximum atomic E-state index is 4.31. The van der Waals surface area contributed by atoms with Crippen molar-refractivity contribution in [2.24, 2.45) is 0 Å². The molecule has 1 aliphatic heterocycles. The molecule has 5 nitrogen and oxygen atoms in total. The molecule has 0 saturated carbocycles. The standard InChI is InChI=1S/C14H19N5/c1-19(10-12-3-2-7-16-12)14-5-4-13(17-18-14)11-6-8-15-9-11/h4-6,8-9,12,15-16H,2-3,7,10H2,1H3. The van der Waals surface area contributed by atoms with Crippen LogP contribution in [-0.4, -0.2) is 41.4 Å². The van der Waals surface area contributed by atoms with Gasteiger partial charge in [-0.2, -0.15) is 0 Å². The Labute approximate surface area is 113 Å². The summed E-state index contributed by atoms with van der Waals surface area (Å²) < 4.78 is 0. The van der Waals surface area contributed by atoms with Crippen LogP contribution in [0.4, 0.5) is 5.82 Å². The topological polar surface area (TPSA) is 56.8 Å². The summed E-state index contributed by atoms with van der Waals surface area (Å²) in [4.78, 5) is 5.19. The number of aromatic amines is 1. The van der Waals surface area contributed by atoms with Crippen molar-refractivity contribution < 1.29 is 0 Å². The van der Waals surface area contributed by atoms with Crippen LogP contribution >= 0.6 is 0 Å². The normalized spacial score (nSPS) is 18.7. The largest absolute Gasteiger partial charge is 0.367 e. The highest BCUT2D eigenvalue weighted by molar-refractivity contribution is 5.58. The van der Waals surface area contributed by atoms with Crippen molar-refractivity contribution >= 4 is 5.82 Å². The first-order valence-electron chi connectivity index (χ1n) is 6.74. The molecule has 0 aliphatic carbocycles. The Kier molecular flexibility index (Phi) is 3.46. The Hall–Kier alpha value is -1.88. The molecule has 1 aliphatic rings. The quantitative estimate of drug-likeness (QED) is 0.874. The summed E-state index contributed by atoms with van der Waals surface area (Å²) in [5.41, 5.74) is 1.97. The highest BCUT2D eigenvalue weighted by Gasteiger charge is 2.16. The molecular formula is C14H19N5. The van der Waals surface area contributed by atoms with E-state index in [1.165, 1.54) is 12.8 Å². The number of nitrogens with one attached hydrogen (secondary N) is 2. The van der Waals surface area contributed by atoms with Crippen molar-refractivity contribution in [3.63, 3.8) is 0 Å². The van der Waals surface area contributed by atoms with Crippen LogP contribution in [0.1, 0.15) is 12.8 Å². The smallest absolute Gasteiger partial charge is 0.151 e. The first-order chi connectivity index (χ1) is 9.33. The van der Waals surface area contributed by atoms with Crippen LogP contribution in [0.2, 0.25) is 0 Å². The summed E-state index contributed by atoms with van der Waals surface area (Å²) in [6, 6.07) is 6.63. The van der Waals surface area contributed by atoms with Gasteiger partial charge in [-0.25, -0.2) is 0 Å². The van der Waals surface area contributed by atoms with E-state index in [0.717, 1.165) is 30.2 Å². The fraction of sp³-hybridized carbons (Fsp3) is 0.429. The third kappa shape index (κ3) is 2.76. The van der Waals surface area contributed by atoms with Crippen molar-refractivity contribution in [3.8, 4) is 11.3 Å².